The highest BCUT2D eigenvalue weighted by Crippen LogP contribution is 1.98. The van der Waals surface area contributed by atoms with Crippen molar-refractivity contribution in [3.05, 3.63) is 36.3 Å². The lowest BCUT2D eigenvalue weighted by molar-refractivity contribution is -0.145. The summed E-state index contributed by atoms with van der Waals surface area (Å²) in [5, 5.41) is 16.6. The normalized spacial score (nSPS) is 12.2. The van der Waals surface area contributed by atoms with Gasteiger partial charge in [0.1, 0.15) is 5.76 Å². The van der Waals surface area contributed by atoms with Crippen molar-refractivity contribution in [2.45, 2.75) is 27.2 Å². The van der Waals surface area contributed by atoms with E-state index in [4.69, 9.17) is 10.2 Å². The highest BCUT2D eigenvalue weighted by atomic mass is 32.2. The summed E-state index contributed by atoms with van der Waals surface area (Å²) >= 11 is 0. The van der Waals surface area contributed by atoms with Crippen molar-refractivity contribution in [2.24, 2.45) is 0 Å². The summed E-state index contributed by atoms with van der Waals surface area (Å²) in [7, 11) is -3.61. The zero-order valence-electron chi connectivity index (χ0n) is 11.6. The molecule has 0 aliphatic rings. The van der Waals surface area contributed by atoms with E-state index >= 15 is 0 Å². The standard InChI is InChI=1S/C6H12O5S.C6H8O2/c1-3-4-12(8,9)11-10-5-6(2)7;1-2-3-4-5-6(7)8/h5,7H,3-4H2,1-2H3;2-5H,1H3,(H,7,8)/b;3-2+,5-4+. The Hall–Kier alpha value is -1.80. The molecule has 116 valence electrons. The number of aliphatic hydroxyl groups excluding tert-OH is 1. The molecule has 0 aliphatic carbocycles. The van der Waals surface area contributed by atoms with Crippen molar-refractivity contribution >= 4 is 16.1 Å². The van der Waals surface area contributed by atoms with Crippen LogP contribution in [0, 0.1) is 0 Å². The third-order valence-electron chi connectivity index (χ3n) is 1.36. The lowest BCUT2D eigenvalue weighted by Crippen LogP contribution is -2.08. The minimum Gasteiger partial charge on any atom is -0.509 e. The maximum Gasteiger partial charge on any atom is 0.328 e. The summed E-state index contributed by atoms with van der Waals surface area (Å²) in [5.41, 5.74) is 0. The smallest absolute Gasteiger partial charge is 0.328 e. The zero-order valence-corrected chi connectivity index (χ0v) is 12.5. The lowest BCUT2D eigenvalue weighted by Gasteiger charge is -1.99. The van der Waals surface area contributed by atoms with Crippen molar-refractivity contribution in [1.82, 2.24) is 0 Å². The molecular weight excluding hydrogens is 288 g/mol. The second-order valence-electron chi connectivity index (χ2n) is 3.41. The molecule has 0 bridgehead atoms. The van der Waals surface area contributed by atoms with Gasteiger partial charge in [0, 0.05) is 6.08 Å². The van der Waals surface area contributed by atoms with Gasteiger partial charge in [-0.25, -0.2) is 4.79 Å². The van der Waals surface area contributed by atoms with Gasteiger partial charge in [-0.3, -0.25) is 0 Å². The van der Waals surface area contributed by atoms with Gasteiger partial charge in [-0.1, -0.05) is 29.5 Å². The Balaban J connectivity index is 0. The molecule has 7 nitrogen and oxygen atoms in total. The van der Waals surface area contributed by atoms with Crippen LogP contribution in [-0.4, -0.2) is 30.4 Å². The quantitative estimate of drug-likeness (QED) is 0.244. The average Bonchev–Trinajstić information content (AvgIpc) is 2.28. The van der Waals surface area contributed by atoms with E-state index in [1.807, 2.05) is 6.92 Å². The first-order valence-electron chi connectivity index (χ1n) is 5.70. The monoisotopic (exact) mass is 308 g/mol. The number of carboxylic acid groups (broad SMARTS) is 1. The van der Waals surface area contributed by atoms with Crippen LogP contribution in [0.25, 0.3) is 0 Å². The Morgan fingerprint density at radius 1 is 1.25 bits per heavy atom. The van der Waals surface area contributed by atoms with Gasteiger partial charge < -0.3 is 15.1 Å². The number of carboxylic acids is 1. The van der Waals surface area contributed by atoms with E-state index in [0.717, 1.165) is 12.3 Å². The Bertz CT molecular complexity index is 442. The SMILES string of the molecule is C/C=C/C=C/C(=O)O.CCCS(=O)(=O)OOC=C(C)O. The van der Waals surface area contributed by atoms with Crippen LogP contribution in [0.1, 0.15) is 27.2 Å². The van der Waals surface area contributed by atoms with Crippen LogP contribution in [0.2, 0.25) is 0 Å². The number of carbonyl (C=O) groups is 1. The van der Waals surface area contributed by atoms with Crippen LogP contribution < -0.4 is 0 Å². The van der Waals surface area contributed by atoms with Crippen LogP contribution in [0.15, 0.2) is 36.3 Å². The molecule has 2 N–H and O–H groups in total. The molecular formula is C12H20O7S. The van der Waals surface area contributed by atoms with E-state index in [1.54, 1.807) is 19.1 Å². The molecule has 0 unspecified atom stereocenters. The molecule has 0 heterocycles. The second-order valence-corrected chi connectivity index (χ2v) is 5.07. The van der Waals surface area contributed by atoms with Crippen LogP contribution in [0.5, 0.6) is 0 Å². The third kappa shape index (κ3) is 18.6. The summed E-state index contributed by atoms with van der Waals surface area (Å²) < 4.78 is 25.5. The minimum atomic E-state index is -3.61. The highest BCUT2D eigenvalue weighted by Gasteiger charge is 2.09. The molecule has 0 saturated carbocycles. The minimum absolute atomic E-state index is 0.106. The highest BCUT2D eigenvalue weighted by molar-refractivity contribution is 7.86. The van der Waals surface area contributed by atoms with Gasteiger partial charge in [0.25, 0.3) is 0 Å². The largest absolute Gasteiger partial charge is 0.509 e. The molecule has 8 heteroatoms. The van der Waals surface area contributed by atoms with Crippen molar-refractivity contribution in [1.29, 1.82) is 0 Å². The Morgan fingerprint density at radius 3 is 2.25 bits per heavy atom. The van der Waals surface area contributed by atoms with Crippen LogP contribution in [0.3, 0.4) is 0 Å². The van der Waals surface area contributed by atoms with Crippen LogP contribution >= 0.6 is 0 Å². The van der Waals surface area contributed by atoms with Crippen molar-refractivity contribution in [3.63, 3.8) is 0 Å². The topological polar surface area (TPSA) is 110 Å². The van der Waals surface area contributed by atoms with Gasteiger partial charge >= 0.3 is 16.1 Å². The maximum atomic E-state index is 10.8. The molecule has 0 aromatic heterocycles. The van der Waals surface area contributed by atoms with E-state index in [0.29, 0.717) is 6.42 Å². The number of aliphatic carboxylic acids is 1. The summed E-state index contributed by atoms with van der Waals surface area (Å²) in [5.74, 6) is -1.18. The number of hydrogen-bond donors (Lipinski definition) is 2. The van der Waals surface area contributed by atoms with E-state index in [2.05, 4.69) is 9.22 Å². The number of aliphatic hydroxyl groups is 1. The molecule has 0 aliphatic heterocycles. The fourth-order valence-corrected chi connectivity index (χ4v) is 1.41. The van der Waals surface area contributed by atoms with E-state index in [9.17, 15) is 13.2 Å². The first-order chi connectivity index (χ1) is 9.25. The molecule has 0 saturated heterocycles. The van der Waals surface area contributed by atoms with Gasteiger partial charge in [0.2, 0.25) is 0 Å². The predicted octanol–water partition coefficient (Wildman–Crippen LogP) is 2.30. The molecule has 0 aromatic carbocycles. The fraction of sp³-hybridized carbons (Fsp3) is 0.417. The number of allylic oxidation sites excluding steroid dienone is 4. The van der Waals surface area contributed by atoms with Gasteiger partial charge in [-0.2, -0.15) is 8.42 Å². The fourth-order valence-electron chi connectivity index (χ4n) is 0.682. The zero-order chi connectivity index (χ0) is 16.0. The molecule has 0 atom stereocenters. The molecule has 0 spiro atoms. The Morgan fingerprint density at radius 2 is 1.85 bits per heavy atom. The predicted molar refractivity (Wildman–Crippen MR) is 74.2 cm³/mol. The van der Waals surface area contributed by atoms with Crippen LogP contribution in [0.4, 0.5) is 0 Å². The summed E-state index contributed by atoms with van der Waals surface area (Å²) in [6, 6.07) is 0. The van der Waals surface area contributed by atoms with E-state index in [1.165, 1.54) is 13.0 Å². The Labute approximate surface area is 118 Å². The summed E-state index contributed by atoms with van der Waals surface area (Å²) in [4.78, 5) is 13.9. The van der Waals surface area contributed by atoms with Crippen molar-refractivity contribution in [2.75, 3.05) is 5.75 Å². The third-order valence-corrected chi connectivity index (χ3v) is 2.55. The number of rotatable bonds is 7. The summed E-state index contributed by atoms with van der Waals surface area (Å²) in [6.45, 7) is 4.86. The number of hydrogen-bond acceptors (Lipinski definition) is 6. The van der Waals surface area contributed by atoms with Crippen molar-refractivity contribution in [3.8, 4) is 0 Å². The second kappa shape index (κ2) is 12.2. The van der Waals surface area contributed by atoms with Crippen LogP contribution in [-0.2, 0) is 24.1 Å². The molecule has 0 fully saturated rings. The van der Waals surface area contributed by atoms with E-state index < -0.39 is 16.1 Å². The Kier molecular flexibility index (Phi) is 12.6. The molecule has 20 heavy (non-hydrogen) atoms. The molecule has 0 radical (unpaired) electrons. The maximum absolute atomic E-state index is 10.8. The average molecular weight is 308 g/mol. The molecule has 0 amide bonds. The van der Waals surface area contributed by atoms with Gasteiger partial charge in [0.05, 0.1) is 5.75 Å². The van der Waals surface area contributed by atoms with Gasteiger partial charge in [0.15, 0.2) is 6.26 Å². The first kappa shape index (κ1) is 20.5. The van der Waals surface area contributed by atoms with Gasteiger partial charge in [-0.05, 0) is 20.3 Å². The summed E-state index contributed by atoms with van der Waals surface area (Å²) in [6.07, 6.45) is 7.23. The molecule has 0 rings (SSSR count). The molecule has 0 aromatic rings. The van der Waals surface area contributed by atoms with Crippen molar-refractivity contribution < 1.29 is 32.6 Å². The van der Waals surface area contributed by atoms with E-state index in [-0.39, 0.29) is 11.5 Å². The first-order valence-corrected chi connectivity index (χ1v) is 7.28. The van der Waals surface area contributed by atoms with Gasteiger partial charge in [-0.15, -0.1) is 0 Å². The lowest BCUT2D eigenvalue weighted by atomic mass is 10.4.